The first-order valence-corrected chi connectivity index (χ1v) is 16.1. The Labute approximate surface area is 137 Å². The molecule has 0 bridgehead atoms. The number of aromatic nitrogens is 1. The molecule has 0 unspecified atom stereocenters. The van der Waals surface area contributed by atoms with Crippen molar-refractivity contribution in [1.29, 1.82) is 0 Å². The van der Waals surface area contributed by atoms with Gasteiger partial charge in [-0.2, -0.15) is 0 Å². The fourth-order valence-electron chi connectivity index (χ4n) is 3.17. The minimum atomic E-state index is -2.96. The Morgan fingerprint density at radius 2 is 1.36 bits per heavy atom. The first-order valence-electron chi connectivity index (χ1n) is 8.62. The molecule has 22 heavy (non-hydrogen) atoms. The van der Waals surface area contributed by atoms with Crippen LogP contribution in [-0.4, -0.2) is 23.4 Å². The Morgan fingerprint density at radius 1 is 0.909 bits per heavy atom. The SMILES string of the molecule is CCC[CH2][Sn]([CH2]CCC)([CH2]CCC)[c]1cnc(N)c(F)c1F. The summed E-state index contributed by atoms with van der Waals surface area (Å²) < 4.78 is 32.5. The van der Waals surface area contributed by atoms with Crippen molar-refractivity contribution in [2.24, 2.45) is 0 Å². The fraction of sp³-hybridized carbons (Fsp3) is 0.706. The summed E-state index contributed by atoms with van der Waals surface area (Å²) in [5, 5.41) is 0. The third kappa shape index (κ3) is 4.80. The topological polar surface area (TPSA) is 38.9 Å². The van der Waals surface area contributed by atoms with E-state index in [2.05, 4.69) is 25.8 Å². The molecule has 1 rings (SSSR count). The molecule has 0 aromatic carbocycles. The molecule has 1 aromatic rings. The van der Waals surface area contributed by atoms with E-state index in [4.69, 9.17) is 5.73 Å². The van der Waals surface area contributed by atoms with Gasteiger partial charge in [0, 0.05) is 0 Å². The maximum atomic E-state index is 14.6. The van der Waals surface area contributed by atoms with E-state index in [0.29, 0.717) is 3.58 Å². The van der Waals surface area contributed by atoms with Gasteiger partial charge in [0.25, 0.3) is 0 Å². The van der Waals surface area contributed by atoms with Gasteiger partial charge in [-0.25, -0.2) is 0 Å². The number of rotatable bonds is 10. The number of nitrogens with two attached hydrogens (primary N) is 1. The summed E-state index contributed by atoms with van der Waals surface area (Å²) in [6.45, 7) is 6.48. The van der Waals surface area contributed by atoms with Gasteiger partial charge in [0.15, 0.2) is 0 Å². The molecule has 5 heteroatoms. The second-order valence-electron chi connectivity index (χ2n) is 6.28. The van der Waals surface area contributed by atoms with E-state index in [9.17, 15) is 8.78 Å². The Morgan fingerprint density at radius 3 is 1.77 bits per heavy atom. The molecule has 126 valence electrons. The van der Waals surface area contributed by atoms with Crippen molar-refractivity contribution in [3.05, 3.63) is 17.8 Å². The van der Waals surface area contributed by atoms with Crippen molar-refractivity contribution < 1.29 is 8.78 Å². The predicted molar refractivity (Wildman–Crippen MR) is 93.1 cm³/mol. The molecule has 0 amide bonds. The first kappa shape index (κ1) is 19.7. The molecular formula is C17H30F2N2Sn. The van der Waals surface area contributed by atoms with Gasteiger partial charge in [0.05, 0.1) is 0 Å². The molecule has 0 atom stereocenters. The number of halogens is 2. The summed E-state index contributed by atoms with van der Waals surface area (Å²) in [4.78, 5) is 3.94. The van der Waals surface area contributed by atoms with Gasteiger partial charge in [-0.15, -0.1) is 0 Å². The second kappa shape index (κ2) is 9.68. The van der Waals surface area contributed by atoms with Gasteiger partial charge in [0.2, 0.25) is 0 Å². The standard InChI is InChI=1S/C5H3F2N2.3C4H9.Sn/c6-3-1-2-9-5(8)4(3)7;3*1-3-4-2;/h2H,(H2,8,9);3*1,3-4H2,2H3;. The molecule has 1 aromatic heterocycles. The number of hydrogen-bond acceptors (Lipinski definition) is 2. The molecular weight excluding hydrogens is 389 g/mol. The van der Waals surface area contributed by atoms with Crippen molar-refractivity contribution in [1.82, 2.24) is 4.98 Å². The zero-order valence-corrected chi connectivity index (χ0v) is 17.1. The van der Waals surface area contributed by atoms with Crippen LogP contribution in [0.15, 0.2) is 6.20 Å². The number of unbranched alkanes of at least 4 members (excludes halogenated alkanes) is 3. The van der Waals surface area contributed by atoms with Crippen molar-refractivity contribution >= 4 is 27.8 Å². The van der Waals surface area contributed by atoms with E-state index in [1.165, 1.54) is 0 Å². The number of anilines is 1. The van der Waals surface area contributed by atoms with Gasteiger partial charge in [-0.1, -0.05) is 0 Å². The summed E-state index contributed by atoms with van der Waals surface area (Å²) >= 11 is -2.96. The van der Waals surface area contributed by atoms with Crippen LogP contribution >= 0.6 is 0 Å². The Hall–Kier alpha value is -0.391. The summed E-state index contributed by atoms with van der Waals surface area (Å²) in [6, 6.07) is 0. The van der Waals surface area contributed by atoms with Crippen LogP contribution in [0.5, 0.6) is 0 Å². The van der Waals surface area contributed by atoms with Crippen molar-refractivity contribution in [3.63, 3.8) is 0 Å². The molecule has 0 spiro atoms. The van der Waals surface area contributed by atoms with E-state index in [0.717, 1.165) is 51.8 Å². The third-order valence-electron chi connectivity index (χ3n) is 4.58. The van der Waals surface area contributed by atoms with Crippen LogP contribution in [0.2, 0.25) is 13.3 Å². The molecule has 0 aliphatic heterocycles. The maximum absolute atomic E-state index is 14.6. The third-order valence-corrected chi connectivity index (χ3v) is 20.1. The quantitative estimate of drug-likeness (QED) is 0.543. The monoisotopic (exact) mass is 420 g/mol. The second-order valence-corrected chi connectivity index (χ2v) is 19.4. The van der Waals surface area contributed by atoms with Crippen molar-refractivity contribution in [2.45, 2.75) is 72.6 Å². The molecule has 0 aliphatic carbocycles. The predicted octanol–water partition coefficient (Wildman–Crippen LogP) is 5.00. The van der Waals surface area contributed by atoms with Crippen molar-refractivity contribution in [3.8, 4) is 0 Å². The van der Waals surface area contributed by atoms with Gasteiger partial charge in [-0.05, 0) is 0 Å². The Balaban J connectivity index is 3.28. The normalized spacial score (nSPS) is 11.9. The first-order chi connectivity index (χ1) is 10.5. The van der Waals surface area contributed by atoms with Crippen molar-refractivity contribution in [2.75, 3.05) is 5.73 Å². The van der Waals surface area contributed by atoms with Crippen LogP contribution in [0.1, 0.15) is 59.3 Å². The Kier molecular flexibility index (Phi) is 8.65. The zero-order valence-electron chi connectivity index (χ0n) is 14.2. The number of nitrogens with zero attached hydrogens (tertiary/aromatic N) is 1. The number of pyridine rings is 1. The van der Waals surface area contributed by atoms with E-state index < -0.39 is 30.0 Å². The average molecular weight is 419 g/mol. The van der Waals surface area contributed by atoms with Gasteiger partial charge >= 0.3 is 138 Å². The molecule has 2 N–H and O–H groups in total. The molecule has 2 nitrogen and oxygen atoms in total. The Bertz CT molecular complexity index is 444. The van der Waals surface area contributed by atoms with Crippen LogP contribution in [0.25, 0.3) is 0 Å². The zero-order chi connectivity index (χ0) is 16.6. The summed E-state index contributed by atoms with van der Waals surface area (Å²) in [5.74, 6) is -1.96. The van der Waals surface area contributed by atoms with E-state index in [-0.39, 0.29) is 5.82 Å². The number of hydrogen-bond donors (Lipinski definition) is 1. The van der Waals surface area contributed by atoms with Gasteiger partial charge in [0.1, 0.15) is 0 Å². The van der Waals surface area contributed by atoms with Crippen LogP contribution in [0.3, 0.4) is 0 Å². The molecule has 0 fully saturated rings. The molecule has 0 saturated carbocycles. The van der Waals surface area contributed by atoms with Gasteiger partial charge in [-0.3, -0.25) is 0 Å². The minimum absolute atomic E-state index is 0.317. The van der Waals surface area contributed by atoms with E-state index >= 15 is 0 Å². The summed E-state index contributed by atoms with van der Waals surface area (Å²) in [6.07, 6.45) is 8.18. The van der Waals surface area contributed by atoms with E-state index in [1.807, 2.05) is 0 Å². The van der Waals surface area contributed by atoms with Gasteiger partial charge < -0.3 is 0 Å². The summed E-state index contributed by atoms with van der Waals surface area (Å²) in [5.41, 5.74) is 5.43. The fourth-order valence-corrected chi connectivity index (χ4v) is 19.0. The van der Waals surface area contributed by atoms with Crippen LogP contribution in [0, 0.1) is 11.6 Å². The van der Waals surface area contributed by atoms with Crippen LogP contribution in [0.4, 0.5) is 14.6 Å². The molecule has 0 saturated heterocycles. The molecule has 0 aliphatic rings. The van der Waals surface area contributed by atoms with Crippen LogP contribution in [-0.2, 0) is 0 Å². The molecule has 1 heterocycles. The molecule has 0 radical (unpaired) electrons. The van der Waals surface area contributed by atoms with Crippen LogP contribution < -0.4 is 9.31 Å². The average Bonchev–Trinajstić information content (AvgIpc) is 2.53. The number of nitrogen functional groups attached to an aromatic ring is 1. The van der Waals surface area contributed by atoms with E-state index in [1.54, 1.807) is 6.20 Å². The summed E-state index contributed by atoms with van der Waals surface area (Å²) in [7, 11) is 0.